The molecular formula is C19H27NO3. The molecule has 3 rings (SSSR count). The Morgan fingerprint density at radius 2 is 2.09 bits per heavy atom. The third-order valence-electron chi connectivity index (χ3n) is 5.29. The fraction of sp³-hybridized carbons (Fsp3) is 0.632. The van der Waals surface area contributed by atoms with Gasteiger partial charge >= 0.3 is 0 Å². The normalized spacial score (nSPS) is 31.4. The molecule has 1 aliphatic heterocycles. The Morgan fingerprint density at radius 3 is 2.78 bits per heavy atom. The first kappa shape index (κ1) is 16.5. The molecule has 0 aromatic heterocycles. The van der Waals surface area contributed by atoms with E-state index >= 15 is 0 Å². The van der Waals surface area contributed by atoms with E-state index in [0.717, 1.165) is 19.3 Å². The highest BCUT2D eigenvalue weighted by Crippen LogP contribution is 2.32. The summed E-state index contributed by atoms with van der Waals surface area (Å²) in [6.45, 7) is 7.31. The lowest BCUT2D eigenvalue weighted by Gasteiger charge is -2.40. The maximum Gasteiger partial charge on any atom is 0.228 e. The van der Waals surface area contributed by atoms with Crippen molar-refractivity contribution >= 4 is 5.91 Å². The van der Waals surface area contributed by atoms with Crippen LogP contribution in [-0.2, 0) is 9.53 Å². The van der Waals surface area contributed by atoms with Gasteiger partial charge in [-0.1, -0.05) is 23.8 Å². The van der Waals surface area contributed by atoms with Gasteiger partial charge in [0.15, 0.2) is 0 Å². The van der Waals surface area contributed by atoms with Crippen LogP contribution in [0.4, 0.5) is 0 Å². The first-order valence-corrected chi connectivity index (χ1v) is 8.64. The molecule has 2 aliphatic rings. The molecule has 4 unspecified atom stereocenters. The van der Waals surface area contributed by atoms with Gasteiger partial charge in [0.05, 0.1) is 31.2 Å². The summed E-state index contributed by atoms with van der Waals surface area (Å²) in [5, 5.41) is 10.1. The second-order valence-corrected chi connectivity index (χ2v) is 7.13. The number of nitrogens with zero attached hydrogens (tertiary/aromatic N) is 1. The minimum atomic E-state index is -0.475. The number of hydrogen-bond acceptors (Lipinski definition) is 3. The number of amides is 1. The average Bonchev–Trinajstić information content (AvgIpc) is 2.96. The Bertz CT molecular complexity index is 586. The Kier molecular flexibility index (Phi) is 4.74. The van der Waals surface area contributed by atoms with Gasteiger partial charge in [0.25, 0.3) is 0 Å². The van der Waals surface area contributed by atoms with Crippen molar-refractivity contribution in [2.24, 2.45) is 5.92 Å². The quantitative estimate of drug-likeness (QED) is 0.912. The standard InChI is InChI=1S/C19H27NO3/c1-12-7-8-13(2)16(9-12)18-10-20(14(3)11-23-18)19(22)15-5-4-6-17(15)21/h7-9,14-15,17-18,21H,4-6,10-11H2,1-3H3. The van der Waals surface area contributed by atoms with Gasteiger partial charge < -0.3 is 14.7 Å². The van der Waals surface area contributed by atoms with Gasteiger partial charge in [0, 0.05) is 0 Å². The molecule has 1 saturated heterocycles. The smallest absolute Gasteiger partial charge is 0.228 e. The topological polar surface area (TPSA) is 49.8 Å². The number of hydrogen-bond donors (Lipinski definition) is 1. The van der Waals surface area contributed by atoms with Gasteiger partial charge in [0.2, 0.25) is 5.91 Å². The van der Waals surface area contributed by atoms with Crippen molar-refractivity contribution in [3.05, 3.63) is 34.9 Å². The van der Waals surface area contributed by atoms with Crippen LogP contribution in [0.2, 0.25) is 0 Å². The number of carbonyl (C=O) groups is 1. The van der Waals surface area contributed by atoms with Crippen LogP contribution >= 0.6 is 0 Å². The van der Waals surface area contributed by atoms with Gasteiger partial charge in [0.1, 0.15) is 6.10 Å². The van der Waals surface area contributed by atoms with Crippen LogP contribution in [-0.4, -0.2) is 41.2 Å². The summed E-state index contributed by atoms with van der Waals surface area (Å²) < 4.78 is 6.03. The lowest BCUT2D eigenvalue weighted by molar-refractivity contribution is -0.151. The van der Waals surface area contributed by atoms with Crippen LogP contribution in [0.3, 0.4) is 0 Å². The van der Waals surface area contributed by atoms with E-state index < -0.39 is 6.10 Å². The molecule has 1 N–H and O–H groups in total. The second kappa shape index (κ2) is 6.62. The van der Waals surface area contributed by atoms with Crippen LogP contribution < -0.4 is 0 Å². The molecule has 0 spiro atoms. The van der Waals surface area contributed by atoms with E-state index in [0.29, 0.717) is 13.2 Å². The molecule has 1 aromatic rings. The number of morpholine rings is 1. The fourth-order valence-corrected chi connectivity index (χ4v) is 3.80. The van der Waals surface area contributed by atoms with Crippen molar-refractivity contribution in [3.63, 3.8) is 0 Å². The highest BCUT2D eigenvalue weighted by Gasteiger charge is 2.39. The third kappa shape index (κ3) is 3.29. The van der Waals surface area contributed by atoms with Gasteiger partial charge in [-0.3, -0.25) is 4.79 Å². The van der Waals surface area contributed by atoms with Gasteiger partial charge in [-0.05, 0) is 51.2 Å². The van der Waals surface area contributed by atoms with Crippen molar-refractivity contribution in [2.45, 2.75) is 58.3 Å². The predicted molar refractivity (Wildman–Crippen MR) is 89.1 cm³/mol. The largest absolute Gasteiger partial charge is 0.392 e. The van der Waals surface area contributed by atoms with Crippen molar-refractivity contribution in [1.29, 1.82) is 0 Å². The Hall–Kier alpha value is -1.39. The van der Waals surface area contributed by atoms with Crippen molar-refractivity contribution in [3.8, 4) is 0 Å². The molecule has 4 heteroatoms. The highest BCUT2D eigenvalue weighted by molar-refractivity contribution is 5.80. The summed E-state index contributed by atoms with van der Waals surface area (Å²) in [7, 11) is 0. The van der Waals surface area contributed by atoms with Crippen molar-refractivity contribution in [2.75, 3.05) is 13.2 Å². The summed E-state index contributed by atoms with van der Waals surface area (Å²) in [6.07, 6.45) is 1.94. The maximum atomic E-state index is 12.9. The van der Waals surface area contributed by atoms with Crippen LogP contribution in [0.5, 0.6) is 0 Å². The number of ether oxygens (including phenoxy) is 1. The molecular weight excluding hydrogens is 290 g/mol. The molecule has 0 radical (unpaired) electrons. The monoisotopic (exact) mass is 317 g/mol. The van der Waals surface area contributed by atoms with E-state index in [2.05, 4.69) is 32.0 Å². The summed E-state index contributed by atoms with van der Waals surface area (Å²) >= 11 is 0. The minimum absolute atomic E-state index is 0.0664. The molecule has 126 valence electrons. The zero-order valence-corrected chi connectivity index (χ0v) is 14.3. The maximum absolute atomic E-state index is 12.9. The SMILES string of the molecule is Cc1ccc(C)c(C2CN(C(=O)C3CCCC3O)C(C)CO2)c1. The van der Waals surface area contributed by atoms with E-state index in [1.807, 2.05) is 11.8 Å². The summed E-state index contributed by atoms with van der Waals surface area (Å²) in [5.41, 5.74) is 3.57. The molecule has 23 heavy (non-hydrogen) atoms. The van der Waals surface area contributed by atoms with Gasteiger partial charge in [-0.15, -0.1) is 0 Å². The number of aliphatic hydroxyl groups is 1. The fourth-order valence-electron chi connectivity index (χ4n) is 3.80. The zero-order valence-electron chi connectivity index (χ0n) is 14.3. The highest BCUT2D eigenvalue weighted by atomic mass is 16.5. The zero-order chi connectivity index (χ0) is 16.6. The molecule has 1 saturated carbocycles. The number of aryl methyl sites for hydroxylation is 2. The van der Waals surface area contributed by atoms with E-state index in [1.165, 1.54) is 16.7 Å². The molecule has 1 aromatic carbocycles. The number of aliphatic hydroxyl groups excluding tert-OH is 1. The molecule has 0 bridgehead atoms. The van der Waals surface area contributed by atoms with Gasteiger partial charge in [-0.25, -0.2) is 0 Å². The number of benzene rings is 1. The Morgan fingerprint density at radius 1 is 1.30 bits per heavy atom. The first-order chi connectivity index (χ1) is 11.0. The second-order valence-electron chi connectivity index (χ2n) is 7.13. The third-order valence-corrected chi connectivity index (χ3v) is 5.29. The van der Waals surface area contributed by atoms with Crippen LogP contribution in [0.15, 0.2) is 18.2 Å². The molecule has 1 heterocycles. The van der Waals surface area contributed by atoms with E-state index in [-0.39, 0.29) is 24.0 Å². The number of rotatable bonds is 2. The lowest BCUT2D eigenvalue weighted by Crippen LogP contribution is -2.51. The minimum Gasteiger partial charge on any atom is -0.392 e. The van der Waals surface area contributed by atoms with E-state index in [4.69, 9.17) is 4.74 Å². The lowest BCUT2D eigenvalue weighted by atomic mass is 9.97. The van der Waals surface area contributed by atoms with Crippen LogP contribution in [0, 0.1) is 19.8 Å². The Balaban J connectivity index is 1.79. The van der Waals surface area contributed by atoms with Crippen molar-refractivity contribution < 1.29 is 14.6 Å². The first-order valence-electron chi connectivity index (χ1n) is 8.64. The molecule has 1 amide bonds. The number of carbonyl (C=O) groups excluding carboxylic acids is 1. The van der Waals surface area contributed by atoms with E-state index in [1.54, 1.807) is 0 Å². The van der Waals surface area contributed by atoms with E-state index in [9.17, 15) is 9.90 Å². The molecule has 4 atom stereocenters. The summed E-state index contributed by atoms with van der Waals surface area (Å²) in [5.74, 6) is -0.129. The molecule has 4 nitrogen and oxygen atoms in total. The predicted octanol–water partition coefficient (Wildman–Crippen LogP) is 2.75. The summed E-state index contributed by atoms with van der Waals surface area (Å²) in [6, 6.07) is 6.43. The molecule has 2 fully saturated rings. The van der Waals surface area contributed by atoms with Crippen LogP contribution in [0.1, 0.15) is 49.0 Å². The van der Waals surface area contributed by atoms with Crippen LogP contribution in [0.25, 0.3) is 0 Å². The molecule has 1 aliphatic carbocycles. The average molecular weight is 317 g/mol. The van der Waals surface area contributed by atoms with Crippen molar-refractivity contribution in [1.82, 2.24) is 4.90 Å². The Labute approximate surface area is 138 Å². The summed E-state index contributed by atoms with van der Waals surface area (Å²) in [4.78, 5) is 14.8. The van der Waals surface area contributed by atoms with Gasteiger partial charge in [-0.2, -0.15) is 0 Å².